The molecule has 0 radical (unpaired) electrons. The fourth-order valence-corrected chi connectivity index (χ4v) is 13.2. The van der Waals surface area contributed by atoms with Crippen molar-refractivity contribution < 1.29 is 4.74 Å². The monoisotopic (exact) mass is 915 g/mol. The van der Waals surface area contributed by atoms with Crippen molar-refractivity contribution in [2.24, 2.45) is 0 Å². The number of nitrogens with zero attached hydrogens (tertiary/aromatic N) is 1. The smallest absolute Gasteiger partial charge is 0.140 e. The van der Waals surface area contributed by atoms with Crippen LogP contribution in [0, 0.1) is 0 Å². The zero-order chi connectivity index (χ0) is 47.4. The number of benzene rings is 12. The van der Waals surface area contributed by atoms with Crippen LogP contribution < -0.4 is 9.64 Å². The molecule has 0 saturated carbocycles. The normalized spacial score (nSPS) is 13.9. The Hall–Kier alpha value is -9.24. The highest BCUT2D eigenvalue weighted by Crippen LogP contribution is 2.66. The first-order valence-electron chi connectivity index (χ1n) is 25.0. The van der Waals surface area contributed by atoms with Crippen molar-refractivity contribution in [3.8, 4) is 44.9 Å². The molecule has 1 spiro atoms. The van der Waals surface area contributed by atoms with E-state index < -0.39 is 10.8 Å². The lowest BCUT2D eigenvalue weighted by atomic mass is 9.65. The van der Waals surface area contributed by atoms with Gasteiger partial charge in [-0.25, -0.2) is 0 Å². The van der Waals surface area contributed by atoms with E-state index in [1.807, 2.05) is 0 Å². The van der Waals surface area contributed by atoms with Crippen molar-refractivity contribution in [2.75, 3.05) is 4.90 Å². The van der Waals surface area contributed by atoms with Crippen LogP contribution in [0.3, 0.4) is 0 Å². The van der Waals surface area contributed by atoms with Crippen LogP contribution in [-0.2, 0) is 10.8 Å². The van der Waals surface area contributed by atoms with Gasteiger partial charge in [0.25, 0.3) is 0 Å². The van der Waals surface area contributed by atoms with E-state index in [9.17, 15) is 0 Å². The summed E-state index contributed by atoms with van der Waals surface area (Å²) in [6.45, 7) is 0. The predicted molar refractivity (Wildman–Crippen MR) is 296 cm³/mol. The summed E-state index contributed by atoms with van der Waals surface area (Å²) < 4.78 is 7.31. The molecule has 336 valence electrons. The molecule has 0 atom stereocenters. The molecule has 0 N–H and O–H groups in total. The van der Waals surface area contributed by atoms with Gasteiger partial charge in [0.15, 0.2) is 0 Å². The minimum Gasteiger partial charge on any atom is -0.455 e. The lowest BCUT2D eigenvalue weighted by Crippen LogP contribution is -2.32. The predicted octanol–water partition coefficient (Wildman–Crippen LogP) is 18.0. The fourth-order valence-electron chi connectivity index (χ4n) is 13.2. The molecule has 0 unspecified atom stereocenters. The van der Waals surface area contributed by atoms with Gasteiger partial charge in [-0.3, -0.25) is 0 Å². The molecule has 12 aromatic rings. The average molecular weight is 916 g/mol. The second-order valence-corrected chi connectivity index (χ2v) is 19.4. The van der Waals surface area contributed by atoms with Gasteiger partial charge in [0.1, 0.15) is 11.5 Å². The van der Waals surface area contributed by atoms with Crippen molar-refractivity contribution in [3.63, 3.8) is 0 Å². The second-order valence-electron chi connectivity index (χ2n) is 19.4. The van der Waals surface area contributed by atoms with Crippen LogP contribution in [-0.4, -0.2) is 0 Å². The molecule has 72 heavy (non-hydrogen) atoms. The zero-order valence-corrected chi connectivity index (χ0v) is 39.3. The highest BCUT2D eigenvalue weighted by Gasteiger charge is 2.53. The standard InChI is InChI=1S/C70H45NO/c1-4-24-48(25-5-1)69(49-26-6-2-7-27-49)57-36-17-15-34-56(57)66-60(69)39-21-41-64(66)71(50-28-8-3-9-29-50)63-40-19-16-32-53(63)54-35-20-38-59-65(54)55-33-14-18-37-58(55)70(59)61-44-42-46-22-10-12-30-51(46)67(61)72-68-52-31-13-11-23-47(52)43-45-62(68)70/h1-45H. The second kappa shape index (κ2) is 15.6. The molecule has 2 nitrogen and oxygen atoms in total. The number of anilines is 3. The molecule has 15 rings (SSSR count). The summed E-state index contributed by atoms with van der Waals surface area (Å²) in [4.78, 5) is 2.52. The third kappa shape index (κ3) is 5.44. The molecular formula is C70H45NO. The molecular weight excluding hydrogens is 871 g/mol. The molecule has 0 bridgehead atoms. The quantitative estimate of drug-likeness (QED) is 0.165. The molecule has 12 aromatic carbocycles. The van der Waals surface area contributed by atoms with E-state index in [-0.39, 0.29) is 0 Å². The van der Waals surface area contributed by atoms with Crippen LogP contribution in [0.4, 0.5) is 17.1 Å². The summed E-state index contributed by atoms with van der Waals surface area (Å²) in [5.74, 6) is 1.84. The minimum absolute atomic E-state index is 0.544. The van der Waals surface area contributed by atoms with Crippen LogP contribution in [0.25, 0.3) is 54.9 Å². The number of para-hydroxylation sites is 2. The van der Waals surface area contributed by atoms with Gasteiger partial charge in [0.2, 0.25) is 0 Å². The number of ether oxygens (including phenoxy) is 1. The van der Waals surface area contributed by atoms with Crippen molar-refractivity contribution in [1.82, 2.24) is 0 Å². The maximum Gasteiger partial charge on any atom is 0.140 e. The summed E-state index contributed by atoms with van der Waals surface area (Å²) >= 11 is 0. The molecule has 3 aliphatic rings. The van der Waals surface area contributed by atoms with E-state index in [4.69, 9.17) is 4.74 Å². The van der Waals surface area contributed by atoms with Crippen molar-refractivity contribution >= 4 is 38.6 Å². The number of hydrogen-bond acceptors (Lipinski definition) is 2. The number of fused-ring (bicyclic) bond motifs is 16. The fraction of sp³-hybridized carbons (Fsp3) is 0.0286. The van der Waals surface area contributed by atoms with E-state index >= 15 is 0 Å². The summed E-state index contributed by atoms with van der Waals surface area (Å²) in [6.07, 6.45) is 0. The van der Waals surface area contributed by atoms with Gasteiger partial charge in [0.05, 0.1) is 22.2 Å². The van der Waals surface area contributed by atoms with E-state index in [0.29, 0.717) is 0 Å². The van der Waals surface area contributed by atoms with Crippen LogP contribution in [0.5, 0.6) is 11.5 Å². The van der Waals surface area contributed by atoms with Crippen molar-refractivity contribution in [1.29, 1.82) is 0 Å². The van der Waals surface area contributed by atoms with Gasteiger partial charge in [-0.1, -0.05) is 249 Å². The molecule has 0 saturated heterocycles. The van der Waals surface area contributed by atoms with Crippen molar-refractivity contribution in [2.45, 2.75) is 10.8 Å². The Bertz CT molecular complexity index is 4010. The minimum atomic E-state index is -0.671. The van der Waals surface area contributed by atoms with Crippen molar-refractivity contribution in [3.05, 3.63) is 317 Å². The van der Waals surface area contributed by atoms with Crippen LogP contribution in [0.2, 0.25) is 0 Å². The Kier molecular flexibility index (Phi) is 8.82. The Balaban J connectivity index is 1.02. The van der Waals surface area contributed by atoms with Gasteiger partial charge >= 0.3 is 0 Å². The van der Waals surface area contributed by atoms with E-state index in [1.165, 1.54) is 61.2 Å². The lowest BCUT2D eigenvalue weighted by Gasteiger charge is -2.40. The Morgan fingerprint density at radius 2 is 0.694 bits per heavy atom. The first-order chi connectivity index (χ1) is 35.8. The molecule has 2 aliphatic carbocycles. The summed E-state index contributed by atoms with van der Waals surface area (Å²) in [6, 6.07) is 101. The van der Waals surface area contributed by atoms with E-state index in [1.54, 1.807) is 0 Å². The van der Waals surface area contributed by atoms with Gasteiger partial charge in [-0.15, -0.1) is 0 Å². The lowest BCUT2D eigenvalue weighted by molar-refractivity contribution is 0.447. The molecule has 0 aromatic heterocycles. The van der Waals surface area contributed by atoms with E-state index in [2.05, 4.69) is 278 Å². The van der Waals surface area contributed by atoms with Gasteiger partial charge in [-0.05, 0) is 90.7 Å². The number of hydrogen-bond donors (Lipinski definition) is 0. The van der Waals surface area contributed by atoms with E-state index in [0.717, 1.165) is 66.8 Å². The Morgan fingerprint density at radius 1 is 0.264 bits per heavy atom. The maximum absolute atomic E-state index is 7.31. The first-order valence-corrected chi connectivity index (χ1v) is 25.0. The topological polar surface area (TPSA) is 12.5 Å². The third-order valence-electron chi connectivity index (χ3n) is 16.0. The summed E-state index contributed by atoms with van der Waals surface area (Å²) in [5, 5.41) is 4.54. The number of rotatable bonds is 6. The van der Waals surface area contributed by atoms with Gasteiger partial charge < -0.3 is 9.64 Å². The maximum atomic E-state index is 7.31. The molecule has 0 amide bonds. The summed E-state index contributed by atoms with van der Waals surface area (Å²) in [7, 11) is 0. The van der Waals surface area contributed by atoms with Gasteiger partial charge in [0, 0.05) is 38.7 Å². The zero-order valence-electron chi connectivity index (χ0n) is 39.3. The Morgan fingerprint density at radius 3 is 1.32 bits per heavy atom. The first kappa shape index (κ1) is 40.6. The molecule has 1 heterocycles. The largest absolute Gasteiger partial charge is 0.455 e. The molecule has 0 fully saturated rings. The highest BCUT2D eigenvalue weighted by atomic mass is 16.5. The van der Waals surface area contributed by atoms with Crippen LogP contribution in [0.15, 0.2) is 273 Å². The SMILES string of the molecule is c1ccc(N(c2ccccc2-c2cccc3c2-c2ccccc2C32c3ccc4ccccc4c3Oc3c2ccc2ccccc32)c2cccc3c2-c2ccccc2C3(c2ccccc2)c2ccccc2)cc1. The Labute approximate surface area is 419 Å². The average Bonchev–Trinajstić information content (AvgIpc) is 3.93. The van der Waals surface area contributed by atoms with Crippen LogP contribution >= 0.6 is 0 Å². The summed E-state index contributed by atoms with van der Waals surface area (Å²) in [5.41, 5.74) is 19.2. The van der Waals surface area contributed by atoms with Crippen LogP contribution in [0.1, 0.15) is 44.5 Å². The highest BCUT2D eigenvalue weighted by molar-refractivity contribution is 6.05. The van der Waals surface area contributed by atoms with Gasteiger partial charge in [-0.2, -0.15) is 0 Å². The molecule has 2 heteroatoms. The third-order valence-corrected chi connectivity index (χ3v) is 16.0. The molecule has 1 aliphatic heterocycles.